The van der Waals surface area contributed by atoms with Gasteiger partial charge >= 0.3 is 0 Å². The summed E-state index contributed by atoms with van der Waals surface area (Å²) in [6.45, 7) is 12.3. The number of rotatable bonds is 4. The van der Waals surface area contributed by atoms with E-state index in [0.29, 0.717) is 41.5 Å². The summed E-state index contributed by atoms with van der Waals surface area (Å²) in [5.41, 5.74) is 1.89. The maximum atomic E-state index is 12.5. The van der Waals surface area contributed by atoms with Gasteiger partial charge in [-0.15, -0.1) is 0 Å². The zero-order valence-electron chi connectivity index (χ0n) is 18.6. The van der Waals surface area contributed by atoms with E-state index in [0.717, 1.165) is 24.7 Å². The molecule has 156 valence electrons. The van der Waals surface area contributed by atoms with E-state index in [1.54, 1.807) is 0 Å². The van der Waals surface area contributed by atoms with E-state index in [1.165, 1.54) is 31.3 Å². The number of carbonyl (C=O) groups is 1. The third kappa shape index (κ3) is 2.73. The third-order valence-electron chi connectivity index (χ3n) is 10.2. The van der Waals surface area contributed by atoms with Crippen LogP contribution in [-0.2, 0) is 4.79 Å². The molecule has 0 bridgehead atoms. The summed E-state index contributed by atoms with van der Waals surface area (Å²) < 4.78 is 0. The molecule has 0 aliphatic heterocycles. The molecule has 0 heterocycles. The number of hydrogen-bond acceptors (Lipinski definition) is 2. The fraction of sp³-hybridized carbons (Fsp3) is 0.808. The van der Waals surface area contributed by atoms with E-state index in [4.69, 9.17) is 0 Å². The van der Waals surface area contributed by atoms with Crippen LogP contribution in [0.1, 0.15) is 73.1 Å². The number of allylic oxidation sites excluding steroid dienone is 4. The molecule has 0 spiro atoms. The van der Waals surface area contributed by atoms with Crippen molar-refractivity contribution in [3.05, 3.63) is 23.8 Å². The van der Waals surface area contributed by atoms with Crippen molar-refractivity contribution in [2.45, 2.75) is 73.1 Å². The predicted octanol–water partition coefficient (Wildman–Crippen LogP) is 5.81. The van der Waals surface area contributed by atoms with Crippen molar-refractivity contribution in [3.63, 3.8) is 0 Å². The van der Waals surface area contributed by atoms with E-state index >= 15 is 0 Å². The van der Waals surface area contributed by atoms with Gasteiger partial charge in [-0.3, -0.25) is 4.79 Å². The third-order valence-corrected chi connectivity index (χ3v) is 10.2. The lowest BCUT2D eigenvalue weighted by Gasteiger charge is -2.59. The van der Waals surface area contributed by atoms with Crippen molar-refractivity contribution in [2.75, 3.05) is 6.61 Å². The molecule has 0 amide bonds. The molecule has 0 aromatic heterocycles. The molecule has 0 saturated heterocycles. The fourth-order valence-electron chi connectivity index (χ4n) is 8.22. The van der Waals surface area contributed by atoms with Gasteiger partial charge in [-0.1, -0.05) is 46.8 Å². The van der Waals surface area contributed by atoms with E-state index in [9.17, 15) is 9.90 Å². The van der Waals surface area contributed by atoms with Crippen LogP contribution in [0.15, 0.2) is 23.8 Å². The van der Waals surface area contributed by atoms with E-state index in [-0.39, 0.29) is 11.3 Å². The van der Waals surface area contributed by atoms with E-state index < -0.39 is 0 Å². The molecule has 4 aliphatic carbocycles. The average Bonchev–Trinajstić information content (AvgIpc) is 3.03. The first-order valence-electron chi connectivity index (χ1n) is 11.8. The van der Waals surface area contributed by atoms with Gasteiger partial charge in [-0.05, 0) is 96.5 Å². The van der Waals surface area contributed by atoms with Crippen molar-refractivity contribution in [2.24, 2.45) is 52.3 Å². The van der Waals surface area contributed by atoms with E-state index in [2.05, 4.69) is 46.8 Å². The topological polar surface area (TPSA) is 37.3 Å². The van der Waals surface area contributed by atoms with Gasteiger partial charge in [0.05, 0.1) is 0 Å². The number of hydrogen-bond donors (Lipinski definition) is 1. The molecule has 2 fully saturated rings. The molecule has 0 aromatic rings. The smallest absolute Gasteiger partial charge is 0.159 e. The van der Waals surface area contributed by atoms with Crippen molar-refractivity contribution in [1.82, 2.24) is 0 Å². The van der Waals surface area contributed by atoms with Crippen LogP contribution in [0.2, 0.25) is 0 Å². The van der Waals surface area contributed by atoms with Crippen LogP contribution < -0.4 is 0 Å². The number of carbonyl (C=O) groups excluding carboxylic acids is 1. The van der Waals surface area contributed by atoms with Crippen LogP contribution in [0, 0.1) is 52.3 Å². The highest BCUT2D eigenvalue weighted by Crippen LogP contribution is 2.67. The second-order valence-corrected chi connectivity index (χ2v) is 11.1. The largest absolute Gasteiger partial charge is 0.396 e. The molecule has 2 nitrogen and oxygen atoms in total. The first-order chi connectivity index (χ1) is 13.2. The first kappa shape index (κ1) is 20.4. The molecule has 3 unspecified atom stereocenters. The SMILES string of the molecule is CC1C(=O)C=C2C=C[C@@H]3[C@@H](CC[C@]4(C)[C@@H](C(C)CCCO)CC[C@@H]34)[C@]2(C)C1C. The van der Waals surface area contributed by atoms with Gasteiger partial charge in [0.25, 0.3) is 0 Å². The number of ketones is 1. The lowest BCUT2D eigenvalue weighted by molar-refractivity contribution is -0.124. The van der Waals surface area contributed by atoms with Gasteiger partial charge in [-0.2, -0.15) is 0 Å². The minimum atomic E-state index is 0.143. The van der Waals surface area contributed by atoms with Gasteiger partial charge in [0.15, 0.2) is 5.78 Å². The van der Waals surface area contributed by atoms with Crippen molar-refractivity contribution < 1.29 is 9.90 Å². The molecular weight excluding hydrogens is 344 g/mol. The standard InChI is InChI=1S/C26H40O2/c1-16(7-6-14-27)21-10-11-22-20-9-8-19-15-24(28)17(2)18(3)26(19,5)23(20)12-13-25(21,22)4/h8-9,15-18,20-23,27H,6-7,10-14H2,1-5H3/t16?,17?,18?,20-,21+,22-,23+,25+,26+/m0/s1. The quantitative estimate of drug-likeness (QED) is 0.664. The summed E-state index contributed by atoms with van der Waals surface area (Å²) in [5, 5.41) is 9.27. The molecular formula is C26H40O2. The van der Waals surface area contributed by atoms with Crippen LogP contribution in [0.3, 0.4) is 0 Å². The maximum Gasteiger partial charge on any atom is 0.159 e. The van der Waals surface area contributed by atoms with Gasteiger partial charge in [0.1, 0.15) is 0 Å². The molecule has 9 atom stereocenters. The maximum absolute atomic E-state index is 12.5. The summed E-state index contributed by atoms with van der Waals surface area (Å²) in [6.07, 6.45) is 14.2. The molecule has 0 aromatic carbocycles. The Morgan fingerprint density at radius 2 is 1.93 bits per heavy atom. The molecule has 4 rings (SSSR count). The van der Waals surface area contributed by atoms with Crippen LogP contribution >= 0.6 is 0 Å². The highest BCUT2D eigenvalue weighted by atomic mass is 16.2. The summed E-state index contributed by atoms with van der Waals surface area (Å²) in [6, 6.07) is 0. The Kier molecular flexibility index (Phi) is 5.18. The number of aliphatic hydroxyl groups excluding tert-OH is 1. The highest BCUT2D eigenvalue weighted by molar-refractivity contribution is 5.94. The zero-order chi connectivity index (χ0) is 20.3. The van der Waals surface area contributed by atoms with Gasteiger partial charge in [0.2, 0.25) is 0 Å². The van der Waals surface area contributed by atoms with Crippen LogP contribution in [-0.4, -0.2) is 17.5 Å². The fourth-order valence-corrected chi connectivity index (χ4v) is 8.22. The number of aliphatic hydroxyl groups is 1. The Morgan fingerprint density at radius 3 is 2.64 bits per heavy atom. The van der Waals surface area contributed by atoms with Gasteiger partial charge in [-0.25, -0.2) is 0 Å². The minimum absolute atomic E-state index is 0.143. The zero-order valence-corrected chi connectivity index (χ0v) is 18.6. The van der Waals surface area contributed by atoms with Crippen LogP contribution in [0.4, 0.5) is 0 Å². The molecule has 1 N–H and O–H groups in total. The molecule has 0 radical (unpaired) electrons. The van der Waals surface area contributed by atoms with Gasteiger partial charge < -0.3 is 5.11 Å². The summed E-state index contributed by atoms with van der Waals surface area (Å²) in [7, 11) is 0. The second-order valence-electron chi connectivity index (χ2n) is 11.1. The van der Waals surface area contributed by atoms with Crippen LogP contribution in [0.5, 0.6) is 0 Å². The Morgan fingerprint density at radius 1 is 1.18 bits per heavy atom. The highest BCUT2D eigenvalue weighted by Gasteiger charge is 2.60. The number of fused-ring (bicyclic) bond motifs is 5. The van der Waals surface area contributed by atoms with Crippen molar-refractivity contribution in [3.8, 4) is 0 Å². The van der Waals surface area contributed by atoms with Crippen molar-refractivity contribution >= 4 is 5.78 Å². The molecule has 4 aliphatic rings. The van der Waals surface area contributed by atoms with E-state index in [1.807, 2.05) is 6.08 Å². The lowest BCUT2D eigenvalue weighted by atomic mass is 9.45. The summed E-state index contributed by atoms with van der Waals surface area (Å²) in [4.78, 5) is 12.5. The normalized spacial score (nSPS) is 48.5. The Bertz CT molecular complexity index is 691. The predicted molar refractivity (Wildman–Crippen MR) is 115 cm³/mol. The van der Waals surface area contributed by atoms with Crippen molar-refractivity contribution in [1.29, 1.82) is 0 Å². The minimum Gasteiger partial charge on any atom is -0.396 e. The lowest BCUT2D eigenvalue weighted by Crippen LogP contribution is -2.53. The Balaban J connectivity index is 1.65. The summed E-state index contributed by atoms with van der Waals surface area (Å²) >= 11 is 0. The first-order valence-corrected chi connectivity index (χ1v) is 11.8. The Hall–Kier alpha value is -0.890. The van der Waals surface area contributed by atoms with Gasteiger partial charge in [0, 0.05) is 12.5 Å². The molecule has 2 saturated carbocycles. The second kappa shape index (κ2) is 7.11. The average molecular weight is 385 g/mol. The monoisotopic (exact) mass is 384 g/mol. The molecule has 2 heteroatoms. The summed E-state index contributed by atoms with van der Waals surface area (Å²) in [5.74, 6) is 4.52. The molecule has 28 heavy (non-hydrogen) atoms. The van der Waals surface area contributed by atoms with Crippen LogP contribution in [0.25, 0.3) is 0 Å². The Labute approximate surface area is 171 Å².